The zero-order chi connectivity index (χ0) is 16.0. The van der Waals surface area contributed by atoms with Crippen molar-refractivity contribution in [2.24, 2.45) is 0 Å². The summed E-state index contributed by atoms with van der Waals surface area (Å²) in [5.74, 6) is -0.916. The van der Waals surface area contributed by atoms with Crippen LogP contribution in [0, 0.1) is 0 Å². The lowest BCUT2D eigenvalue weighted by atomic mass is 10.0. The molecule has 0 radical (unpaired) electrons. The minimum Gasteiger partial charge on any atom is -0.345 e. The van der Waals surface area contributed by atoms with Gasteiger partial charge >= 0.3 is 0 Å². The van der Waals surface area contributed by atoms with Crippen molar-refractivity contribution < 1.29 is 18.4 Å². The van der Waals surface area contributed by atoms with Crippen LogP contribution in [0.2, 0.25) is 0 Å². The predicted molar refractivity (Wildman–Crippen MR) is 77.9 cm³/mol. The predicted octanol–water partition coefficient (Wildman–Crippen LogP) is 0.704. The largest absolute Gasteiger partial charge is 0.345 e. The third-order valence-corrected chi connectivity index (χ3v) is 3.66. The summed E-state index contributed by atoms with van der Waals surface area (Å²) in [5, 5.41) is 8.06. The van der Waals surface area contributed by atoms with Gasteiger partial charge in [0.25, 0.3) is 5.91 Å². The SMILES string of the molecule is O=C(CNC(=O)c1cccc(CF)c1)NC1(CF)CCNC1. The smallest absolute Gasteiger partial charge is 0.251 e. The Morgan fingerprint density at radius 3 is 2.77 bits per heavy atom. The topological polar surface area (TPSA) is 70.2 Å². The quantitative estimate of drug-likeness (QED) is 0.724. The Morgan fingerprint density at radius 1 is 1.32 bits per heavy atom. The lowest BCUT2D eigenvalue weighted by Gasteiger charge is -2.26. The fourth-order valence-electron chi connectivity index (χ4n) is 2.40. The van der Waals surface area contributed by atoms with Gasteiger partial charge in [0.2, 0.25) is 5.91 Å². The third kappa shape index (κ3) is 4.00. The summed E-state index contributed by atoms with van der Waals surface area (Å²) in [4.78, 5) is 23.7. The molecule has 0 saturated carbocycles. The Balaban J connectivity index is 1.86. The molecular formula is C15H19F2N3O2. The minimum atomic E-state index is -0.879. The van der Waals surface area contributed by atoms with Gasteiger partial charge in [0.05, 0.1) is 12.1 Å². The normalized spacial score (nSPS) is 20.6. The van der Waals surface area contributed by atoms with E-state index in [1.807, 2.05) is 0 Å². The van der Waals surface area contributed by atoms with Crippen LogP contribution in [-0.4, -0.2) is 43.7 Å². The molecule has 1 aliphatic rings. The number of nitrogens with one attached hydrogen (secondary N) is 3. The van der Waals surface area contributed by atoms with E-state index < -0.39 is 30.7 Å². The highest BCUT2D eigenvalue weighted by Gasteiger charge is 2.35. The zero-order valence-electron chi connectivity index (χ0n) is 12.1. The number of benzene rings is 1. The van der Waals surface area contributed by atoms with Crippen molar-refractivity contribution in [3.05, 3.63) is 35.4 Å². The summed E-state index contributed by atoms with van der Waals surface area (Å²) in [6.07, 6.45) is 0.516. The van der Waals surface area contributed by atoms with E-state index in [0.717, 1.165) is 0 Å². The van der Waals surface area contributed by atoms with Gasteiger partial charge in [-0.1, -0.05) is 12.1 Å². The first-order chi connectivity index (χ1) is 10.6. The molecule has 1 unspecified atom stereocenters. The van der Waals surface area contributed by atoms with Gasteiger partial charge in [-0.3, -0.25) is 9.59 Å². The maximum atomic E-state index is 13.1. The fourth-order valence-corrected chi connectivity index (χ4v) is 2.40. The van der Waals surface area contributed by atoms with Gasteiger partial charge in [-0.15, -0.1) is 0 Å². The molecule has 0 bridgehead atoms. The summed E-state index contributed by atoms with van der Waals surface area (Å²) in [6, 6.07) is 6.11. The molecule has 1 heterocycles. The lowest BCUT2D eigenvalue weighted by molar-refractivity contribution is -0.122. The van der Waals surface area contributed by atoms with Crippen LogP contribution in [-0.2, 0) is 11.5 Å². The summed E-state index contributed by atoms with van der Waals surface area (Å²) in [5.41, 5.74) is -0.202. The Kier molecular flexibility index (Phi) is 5.43. The molecule has 1 saturated heterocycles. The number of amides is 2. The summed E-state index contributed by atoms with van der Waals surface area (Å²) < 4.78 is 25.6. The molecule has 2 amide bonds. The van der Waals surface area contributed by atoms with Crippen molar-refractivity contribution >= 4 is 11.8 Å². The van der Waals surface area contributed by atoms with Crippen LogP contribution in [0.3, 0.4) is 0 Å². The van der Waals surface area contributed by atoms with Crippen LogP contribution in [0.1, 0.15) is 22.3 Å². The second kappa shape index (κ2) is 7.31. The molecule has 0 spiro atoms. The molecule has 1 aliphatic heterocycles. The standard InChI is InChI=1S/C15H19F2N3O2/c16-7-11-2-1-3-12(6-11)14(22)19-8-13(21)20-15(9-17)4-5-18-10-15/h1-3,6,18H,4-5,7-10H2,(H,19,22)(H,20,21). The van der Waals surface area contributed by atoms with Gasteiger partial charge in [-0.2, -0.15) is 0 Å². The highest BCUT2D eigenvalue weighted by Crippen LogP contribution is 2.14. The van der Waals surface area contributed by atoms with Crippen molar-refractivity contribution in [2.75, 3.05) is 26.3 Å². The molecule has 0 aliphatic carbocycles. The van der Waals surface area contributed by atoms with Gasteiger partial charge in [0.1, 0.15) is 13.3 Å². The van der Waals surface area contributed by atoms with E-state index in [1.165, 1.54) is 12.1 Å². The average Bonchev–Trinajstić information content (AvgIpc) is 3.01. The molecule has 1 fully saturated rings. The van der Waals surface area contributed by atoms with Gasteiger partial charge in [-0.05, 0) is 30.7 Å². The number of halogens is 2. The fraction of sp³-hybridized carbons (Fsp3) is 0.467. The molecule has 2 rings (SSSR count). The van der Waals surface area contributed by atoms with Crippen LogP contribution in [0.25, 0.3) is 0 Å². The van der Waals surface area contributed by atoms with E-state index in [-0.39, 0.29) is 12.1 Å². The van der Waals surface area contributed by atoms with E-state index in [0.29, 0.717) is 25.1 Å². The van der Waals surface area contributed by atoms with Crippen LogP contribution in [0.5, 0.6) is 0 Å². The maximum Gasteiger partial charge on any atom is 0.251 e. The van der Waals surface area contributed by atoms with Crippen molar-refractivity contribution in [3.8, 4) is 0 Å². The minimum absolute atomic E-state index is 0.250. The first-order valence-electron chi connectivity index (χ1n) is 7.09. The van der Waals surface area contributed by atoms with Crippen LogP contribution in [0.15, 0.2) is 24.3 Å². The number of carbonyl (C=O) groups excluding carboxylic acids is 2. The number of hydrogen-bond donors (Lipinski definition) is 3. The van der Waals surface area contributed by atoms with Crippen molar-refractivity contribution in [1.29, 1.82) is 0 Å². The van der Waals surface area contributed by atoms with E-state index in [4.69, 9.17) is 0 Å². The number of hydrogen-bond acceptors (Lipinski definition) is 3. The van der Waals surface area contributed by atoms with E-state index >= 15 is 0 Å². The first kappa shape index (κ1) is 16.4. The Bertz CT molecular complexity index is 545. The molecule has 1 atom stereocenters. The number of rotatable bonds is 6. The van der Waals surface area contributed by atoms with Crippen LogP contribution in [0.4, 0.5) is 8.78 Å². The van der Waals surface area contributed by atoms with E-state index in [2.05, 4.69) is 16.0 Å². The average molecular weight is 311 g/mol. The first-order valence-corrected chi connectivity index (χ1v) is 7.09. The lowest BCUT2D eigenvalue weighted by Crippen LogP contribution is -2.54. The van der Waals surface area contributed by atoms with E-state index in [1.54, 1.807) is 12.1 Å². The Labute approximate surface area is 127 Å². The molecule has 22 heavy (non-hydrogen) atoms. The van der Waals surface area contributed by atoms with Crippen LogP contribution >= 0.6 is 0 Å². The van der Waals surface area contributed by atoms with Crippen molar-refractivity contribution in [2.45, 2.75) is 18.6 Å². The Hall–Kier alpha value is -2.02. The van der Waals surface area contributed by atoms with Crippen molar-refractivity contribution in [1.82, 2.24) is 16.0 Å². The monoisotopic (exact) mass is 311 g/mol. The van der Waals surface area contributed by atoms with Gasteiger partial charge < -0.3 is 16.0 Å². The highest BCUT2D eigenvalue weighted by atomic mass is 19.1. The molecular weight excluding hydrogens is 292 g/mol. The maximum absolute atomic E-state index is 13.1. The summed E-state index contributed by atoms with van der Waals surface area (Å²) in [7, 11) is 0. The van der Waals surface area contributed by atoms with E-state index in [9.17, 15) is 18.4 Å². The molecule has 3 N–H and O–H groups in total. The molecule has 1 aromatic rings. The second-order valence-corrected chi connectivity index (χ2v) is 5.41. The second-order valence-electron chi connectivity index (χ2n) is 5.41. The third-order valence-electron chi connectivity index (χ3n) is 3.66. The summed E-state index contributed by atoms with van der Waals surface area (Å²) >= 11 is 0. The molecule has 7 heteroatoms. The Morgan fingerprint density at radius 2 is 2.14 bits per heavy atom. The van der Waals surface area contributed by atoms with Crippen LogP contribution < -0.4 is 16.0 Å². The molecule has 0 aromatic heterocycles. The highest BCUT2D eigenvalue weighted by molar-refractivity contribution is 5.96. The summed E-state index contributed by atoms with van der Waals surface area (Å²) in [6.45, 7) is -0.541. The van der Waals surface area contributed by atoms with Crippen molar-refractivity contribution in [3.63, 3.8) is 0 Å². The van der Waals surface area contributed by atoms with Gasteiger partial charge in [-0.25, -0.2) is 8.78 Å². The van der Waals surface area contributed by atoms with Gasteiger partial charge in [0, 0.05) is 12.1 Å². The number of alkyl halides is 2. The zero-order valence-corrected chi connectivity index (χ0v) is 12.1. The molecule has 5 nitrogen and oxygen atoms in total. The number of carbonyl (C=O) groups is 2. The molecule has 1 aromatic carbocycles. The molecule has 120 valence electrons. The van der Waals surface area contributed by atoms with Gasteiger partial charge in [0.15, 0.2) is 0 Å².